The van der Waals surface area contributed by atoms with Gasteiger partial charge in [-0.05, 0) is 63.0 Å². The van der Waals surface area contributed by atoms with Crippen LogP contribution in [0.4, 0.5) is 0 Å². The highest BCUT2D eigenvalue weighted by Gasteiger charge is 2.42. The lowest BCUT2D eigenvalue weighted by Gasteiger charge is -2.28. The van der Waals surface area contributed by atoms with E-state index in [1.165, 1.54) is 30.6 Å². The van der Waals surface area contributed by atoms with Crippen molar-refractivity contribution in [3.8, 4) is 0 Å². The van der Waals surface area contributed by atoms with Gasteiger partial charge in [-0.1, -0.05) is 6.42 Å². The number of rotatable bonds is 3. The highest BCUT2D eigenvalue weighted by molar-refractivity contribution is 7.13. The van der Waals surface area contributed by atoms with Gasteiger partial charge in [-0.15, -0.1) is 11.3 Å². The number of carbonyl (C=O) groups excluding carboxylic acids is 1. The molecule has 1 aromatic rings. The molecule has 0 aliphatic heterocycles. The Morgan fingerprint density at radius 2 is 2.22 bits per heavy atom. The maximum atomic E-state index is 12.1. The first-order chi connectivity index (χ1) is 8.63. The van der Waals surface area contributed by atoms with Crippen LogP contribution in [0.25, 0.3) is 0 Å². The molecule has 2 saturated carbocycles. The normalized spacial score (nSPS) is 31.6. The quantitative estimate of drug-likeness (QED) is 0.887. The minimum atomic E-state index is 0.114. The Hall–Kier alpha value is -0.830. The Bertz CT molecular complexity index is 453. The Kier molecular flexibility index (Phi) is 3.18. The van der Waals surface area contributed by atoms with E-state index in [0.29, 0.717) is 12.0 Å². The van der Waals surface area contributed by atoms with Crippen molar-refractivity contribution < 1.29 is 4.79 Å². The minimum absolute atomic E-state index is 0.114. The number of aryl methyl sites for hydroxylation is 1. The van der Waals surface area contributed by atoms with Gasteiger partial charge < -0.3 is 5.32 Å². The molecule has 0 spiro atoms. The largest absolute Gasteiger partial charge is 0.349 e. The minimum Gasteiger partial charge on any atom is -0.349 e. The van der Waals surface area contributed by atoms with Gasteiger partial charge in [0.2, 0.25) is 0 Å². The summed E-state index contributed by atoms with van der Waals surface area (Å²) in [5.41, 5.74) is 0. The molecule has 18 heavy (non-hydrogen) atoms. The summed E-state index contributed by atoms with van der Waals surface area (Å²) in [4.78, 5) is 14.2. The zero-order valence-corrected chi connectivity index (χ0v) is 11.9. The Morgan fingerprint density at radius 3 is 2.78 bits per heavy atom. The van der Waals surface area contributed by atoms with Gasteiger partial charge in [0.15, 0.2) is 0 Å². The number of amides is 1. The third-order valence-electron chi connectivity index (χ3n) is 4.76. The molecule has 4 atom stereocenters. The Morgan fingerprint density at radius 1 is 1.39 bits per heavy atom. The molecule has 1 amide bonds. The van der Waals surface area contributed by atoms with Gasteiger partial charge in [-0.3, -0.25) is 4.79 Å². The van der Waals surface area contributed by atoms with Crippen LogP contribution in [0.15, 0.2) is 12.1 Å². The predicted molar refractivity (Wildman–Crippen MR) is 74.9 cm³/mol. The molecule has 2 aliphatic rings. The fourth-order valence-corrected chi connectivity index (χ4v) is 4.62. The Balaban J connectivity index is 1.61. The SMILES string of the molecule is Cc1ccc(C(=O)N[C@H](C)[C@@H]2C[C@@H]3CC[C@@H]2C3)s1. The van der Waals surface area contributed by atoms with E-state index in [-0.39, 0.29) is 5.91 Å². The summed E-state index contributed by atoms with van der Waals surface area (Å²) in [6, 6.07) is 4.28. The van der Waals surface area contributed by atoms with Crippen LogP contribution in [0.2, 0.25) is 0 Å². The maximum absolute atomic E-state index is 12.1. The molecule has 1 aromatic heterocycles. The van der Waals surface area contributed by atoms with Gasteiger partial charge in [-0.25, -0.2) is 0 Å². The van der Waals surface area contributed by atoms with Gasteiger partial charge in [0.25, 0.3) is 5.91 Å². The van der Waals surface area contributed by atoms with E-state index in [1.807, 2.05) is 19.1 Å². The summed E-state index contributed by atoms with van der Waals surface area (Å²) in [6.45, 7) is 4.23. The first-order valence-electron chi connectivity index (χ1n) is 7.01. The van der Waals surface area contributed by atoms with Crippen molar-refractivity contribution in [2.75, 3.05) is 0 Å². The topological polar surface area (TPSA) is 29.1 Å². The molecule has 3 heteroatoms. The standard InChI is InChI=1S/C15H21NOS/c1-9-3-6-14(18-9)15(17)16-10(2)13-8-11-4-5-12(13)7-11/h3,6,10-13H,4-5,7-8H2,1-2H3,(H,16,17)/t10-,11-,12-,13+/m1/s1. The number of carbonyl (C=O) groups is 1. The molecule has 1 heterocycles. The molecule has 1 N–H and O–H groups in total. The zero-order chi connectivity index (χ0) is 12.7. The van der Waals surface area contributed by atoms with Crippen molar-refractivity contribution in [3.63, 3.8) is 0 Å². The smallest absolute Gasteiger partial charge is 0.261 e. The zero-order valence-electron chi connectivity index (χ0n) is 11.1. The molecule has 0 aromatic carbocycles. The van der Waals surface area contributed by atoms with Gasteiger partial charge in [0, 0.05) is 10.9 Å². The van der Waals surface area contributed by atoms with Crippen molar-refractivity contribution >= 4 is 17.2 Å². The maximum Gasteiger partial charge on any atom is 0.261 e. The van der Waals surface area contributed by atoms with Crippen LogP contribution in [0.5, 0.6) is 0 Å². The van der Waals surface area contributed by atoms with Gasteiger partial charge in [-0.2, -0.15) is 0 Å². The van der Waals surface area contributed by atoms with E-state index in [9.17, 15) is 4.79 Å². The van der Waals surface area contributed by atoms with Crippen molar-refractivity contribution in [2.45, 2.75) is 45.6 Å². The fraction of sp³-hybridized carbons (Fsp3) is 0.667. The van der Waals surface area contributed by atoms with Crippen molar-refractivity contribution in [1.82, 2.24) is 5.32 Å². The third kappa shape index (κ3) is 2.20. The van der Waals surface area contributed by atoms with E-state index in [0.717, 1.165) is 16.7 Å². The summed E-state index contributed by atoms with van der Waals surface area (Å²) < 4.78 is 0. The van der Waals surface area contributed by atoms with Crippen LogP contribution >= 0.6 is 11.3 Å². The summed E-state index contributed by atoms with van der Waals surface area (Å²) in [6.07, 6.45) is 5.54. The molecule has 2 bridgehead atoms. The molecule has 0 unspecified atom stereocenters. The van der Waals surface area contributed by atoms with Gasteiger partial charge in [0.05, 0.1) is 4.88 Å². The van der Waals surface area contributed by atoms with Crippen LogP contribution in [-0.2, 0) is 0 Å². The molecule has 3 rings (SSSR count). The molecule has 0 radical (unpaired) electrons. The van der Waals surface area contributed by atoms with Crippen molar-refractivity contribution in [2.24, 2.45) is 17.8 Å². The van der Waals surface area contributed by atoms with Gasteiger partial charge >= 0.3 is 0 Å². The van der Waals surface area contributed by atoms with Crippen molar-refractivity contribution in [3.05, 3.63) is 21.9 Å². The fourth-order valence-electron chi connectivity index (χ4n) is 3.85. The lowest BCUT2D eigenvalue weighted by atomic mass is 9.84. The second-order valence-electron chi connectivity index (χ2n) is 6.01. The highest BCUT2D eigenvalue weighted by atomic mass is 32.1. The molecular formula is C15H21NOS. The highest BCUT2D eigenvalue weighted by Crippen LogP contribution is 2.49. The number of hydrogen-bond donors (Lipinski definition) is 1. The molecule has 2 nitrogen and oxygen atoms in total. The second-order valence-corrected chi connectivity index (χ2v) is 7.30. The summed E-state index contributed by atoms with van der Waals surface area (Å²) >= 11 is 1.58. The average Bonchev–Trinajstić information content (AvgIpc) is 3.03. The van der Waals surface area contributed by atoms with Crippen LogP contribution < -0.4 is 5.32 Å². The van der Waals surface area contributed by atoms with Crippen LogP contribution in [-0.4, -0.2) is 11.9 Å². The molecule has 2 fully saturated rings. The predicted octanol–water partition coefficient (Wildman–Crippen LogP) is 3.61. The van der Waals surface area contributed by atoms with E-state index in [1.54, 1.807) is 11.3 Å². The number of fused-ring (bicyclic) bond motifs is 2. The summed E-state index contributed by atoms with van der Waals surface area (Å²) in [5.74, 6) is 2.65. The number of nitrogens with one attached hydrogen (secondary N) is 1. The number of hydrogen-bond acceptors (Lipinski definition) is 2. The molecular weight excluding hydrogens is 242 g/mol. The average molecular weight is 263 g/mol. The summed E-state index contributed by atoms with van der Waals surface area (Å²) in [5, 5.41) is 3.21. The lowest BCUT2D eigenvalue weighted by Crippen LogP contribution is -2.39. The Labute approximate surface area is 113 Å². The third-order valence-corrected chi connectivity index (χ3v) is 5.76. The van der Waals surface area contributed by atoms with E-state index >= 15 is 0 Å². The monoisotopic (exact) mass is 263 g/mol. The van der Waals surface area contributed by atoms with Crippen LogP contribution in [0.3, 0.4) is 0 Å². The first-order valence-corrected chi connectivity index (χ1v) is 7.82. The lowest BCUT2D eigenvalue weighted by molar-refractivity contribution is 0.0919. The van der Waals surface area contributed by atoms with E-state index < -0.39 is 0 Å². The number of thiophene rings is 1. The van der Waals surface area contributed by atoms with Crippen LogP contribution in [0, 0.1) is 24.7 Å². The van der Waals surface area contributed by atoms with Crippen LogP contribution in [0.1, 0.15) is 47.2 Å². The molecule has 2 aliphatic carbocycles. The van der Waals surface area contributed by atoms with E-state index in [4.69, 9.17) is 0 Å². The van der Waals surface area contributed by atoms with E-state index in [2.05, 4.69) is 12.2 Å². The van der Waals surface area contributed by atoms with Gasteiger partial charge in [0.1, 0.15) is 0 Å². The summed E-state index contributed by atoms with van der Waals surface area (Å²) in [7, 11) is 0. The first kappa shape index (κ1) is 12.2. The van der Waals surface area contributed by atoms with Crippen molar-refractivity contribution in [1.29, 1.82) is 0 Å². The molecule has 0 saturated heterocycles. The molecule has 98 valence electrons. The second kappa shape index (κ2) is 4.69.